The highest BCUT2D eigenvalue weighted by Gasteiger charge is 2.50. The number of rotatable bonds is 5. The maximum absolute atomic E-state index is 13.0. The van der Waals surface area contributed by atoms with Gasteiger partial charge in [-0.2, -0.15) is 0 Å². The molecule has 0 aliphatic heterocycles. The van der Waals surface area contributed by atoms with Crippen LogP contribution in [0.2, 0.25) is 0 Å². The maximum atomic E-state index is 13.0. The van der Waals surface area contributed by atoms with E-state index in [4.69, 9.17) is 0 Å². The Bertz CT molecular complexity index is 387. The Kier molecular flexibility index (Phi) is 4.06. The van der Waals surface area contributed by atoms with Gasteiger partial charge in [0.15, 0.2) is 0 Å². The molecule has 0 aromatic heterocycles. The lowest BCUT2D eigenvalue weighted by atomic mass is 9.54. The fraction of sp³-hybridized carbons (Fsp3) is 0.625. The van der Waals surface area contributed by atoms with Gasteiger partial charge in [0.25, 0.3) is 0 Å². The van der Waals surface area contributed by atoms with Gasteiger partial charge in [-0.05, 0) is 54.8 Å². The molecule has 0 amide bonds. The molecular weight excluding hydrogens is 225 g/mol. The first-order valence-electron chi connectivity index (χ1n) is 7.10. The van der Waals surface area contributed by atoms with Crippen molar-refractivity contribution in [1.82, 2.24) is 5.32 Å². The van der Waals surface area contributed by atoms with E-state index in [-0.39, 0.29) is 5.82 Å². The van der Waals surface area contributed by atoms with Crippen LogP contribution in [-0.2, 0) is 0 Å². The molecule has 2 heteroatoms. The Balaban J connectivity index is 2.09. The topological polar surface area (TPSA) is 12.0 Å². The Labute approximate surface area is 110 Å². The summed E-state index contributed by atoms with van der Waals surface area (Å²) < 4.78 is 13.0. The molecule has 0 radical (unpaired) electrons. The summed E-state index contributed by atoms with van der Waals surface area (Å²) >= 11 is 0. The fourth-order valence-corrected chi connectivity index (χ4v) is 3.20. The van der Waals surface area contributed by atoms with E-state index in [1.807, 2.05) is 12.1 Å². The lowest BCUT2D eigenvalue weighted by molar-refractivity contribution is 0.0445. The van der Waals surface area contributed by atoms with Crippen LogP contribution in [0, 0.1) is 11.2 Å². The molecule has 3 unspecified atom stereocenters. The van der Waals surface area contributed by atoms with Crippen LogP contribution in [0.1, 0.15) is 51.5 Å². The Morgan fingerprint density at radius 1 is 1.28 bits per heavy atom. The Morgan fingerprint density at radius 3 is 2.50 bits per heavy atom. The van der Waals surface area contributed by atoms with Gasteiger partial charge in [0, 0.05) is 6.04 Å². The molecule has 1 aromatic rings. The molecule has 0 heterocycles. The van der Waals surface area contributed by atoms with Crippen LogP contribution >= 0.6 is 0 Å². The molecule has 0 bridgehead atoms. The smallest absolute Gasteiger partial charge is 0.123 e. The minimum atomic E-state index is -0.142. The van der Waals surface area contributed by atoms with Crippen molar-refractivity contribution in [1.29, 1.82) is 0 Å². The van der Waals surface area contributed by atoms with E-state index in [0.717, 1.165) is 13.0 Å². The van der Waals surface area contributed by atoms with Crippen LogP contribution in [0.3, 0.4) is 0 Å². The molecule has 1 nitrogen and oxygen atoms in total. The molecular formula is C16H24FN. The largest absolute Gasteiger partial charge is 0.313 e. The van der Waals surface area contributed by atoms with Crippen molar-refractivity contribution in [3.63, 3.8) is 0 Å². The van der Waals surface area contributed by atoms with E-state index in [1.165, 1.54) is 18.4 Å². The van der Waals surface area contributed by atoms with Gasteiger partial charge in [0.2, 0.25) is 0 Å². The first-order chi connectivity index (χ1) is 8.61. The van der Waals surface area contributed by atoms with Crippen molar-refractivity contribution >= 4 is 0 Å². The van der Waals surface area contributed by atoms with Crippen LogP contribution in [0.4, 0.5) is 4.39 Å². The highest BCUT2D eigenvalue weighted by Crippen LogP contribution is 2.54. The molecule has 1 aliphatic carbocycles. The molecule has 1 saturated carbocycles. The summed E-state index contributed by atoms with van der Waals surface area (Å²) in [6.07, 6.45) is 3.52. The zero-order valence-corrected chi connectivity index (χ0v) is 11.7. The third-order valence-electron chi connectivity index (χ3n) is 4.74. The zero-order valence-electron chi connectivity index (χ0n) is 11.7. The predicted octanol–water partition coefficient (Wildman–Crippen LogP) is 4.10. The van der Waals surface area contributed by atoms with Gasteiger partial charge < -0.3 is 5.32 Å². The van der Waals surface area contributed by atoms with Crippen molar-refractivity contribution in [2.24, 2.45) is 5.41 Å². The zero-order chi connectivity index (χ0) is 13.2. The van der Waals surface area contributed by atoms with Crippen molar-refractivity contribution < 1.29 is 4.39 Å². The summed E-state index contributed by atoms with van der Waals surface area (Å²) in [6, 6.07) is 7.67. The van der Waals surface area contributed by atoms with Gasteiger partial charge in [-0.3, -0.25) is 0 Å². The molecule has 1 N–H and O–H groups in total. The fourth-order valence-electron chi connectivity index (χ4n) is 3.20. The second-order valence-corrected chi connectivity index (χ2v) is 5.71. The minimum absolute atomic E-state index is 0.142. The Hall–Kier alpha value is -0.890. The Morgan fingerprint density at radius 2 is 1.94 bits per heavy atom. The van der Waals surface area contributed by atoms with Crippen LogP contribution in [0.5, 0.6) is 0 Å². The number of hydrogen-bond donors (Lipinski definition) is 1. The molecule has 0 spiro atoms. The van der Waals surface area contributed by atoms with Gasteiger partial charge in [0.05, 0.1) is 0 Å². The summed E-state index contributed by atoms with van der Waals surface area (Å²) in [7, 11) is 0. The monoisotopic (exact) mass is 249 g/mol. The molecule has 100 valence electrons. The van der Waals surface area contributed by atoms with E-state index in [0.29, 0.717) is 17.4 Å². The minimum Gasteiger partial charge on any atom is -0.313 e. The molecule has 1 fully saturated rings. The number of benzene rings is 1. The maximum Gasteiger partial charge on any atom is 0.123 e. The highest BCUT2D eigenvalue weighted by atomic mass is 19.1. The second kappa shape index (κ2) is 5.40. The van der Waals surface area contributed by atoms with Gasteiger partial charge in [-0.1, -0.05) is 32.9 Å². The van der Waals surface area contributed by atoms with Crippen LogP contribution < -0.4 is 5.32 Å². The third kappa shape index (κ3) is 2.31. The van der Waals surface area contributed by atoms with Crippen molar-refractivity contribution in [2.45, 2.75) is 52.0 Å². The van der Waals surface area contributed by atoms with Gasteiger partial charge >= 0.3 is 0 Å². The molecule has 2 rings (SSSR count). The van der Waals surface area contributed by atoms with Crippen molar-refractivity contribution in [3.8, 4) is 0 Å². The summed E-state index contributed by atoms with van der Waals surface area (Å²) in [6.45, 7) is 7.91. The van der Waals surface area contributed by atoms with E-state index in [1.54, 1.807) is 12.1 Å². The first-order valence-corrected chi connectivity index (χ1v) is 7.10. The van der Waals surface area contributed by atoms with Crippen LogP contribution in [0.25, 0.3) is 0 Å². The molecule has 18 heavy (non-hydrogen) atoms. The quantitative estimate of drug-likeness (QED) is 0.828. The summed E-state index contributed by atoms with van der Waals surface area (Å²) in [5.41, 5.74) is 1.60. The van der Waals surface area contributed by atoms with E-state index in [9.17, 15) is 4.39 Å². The number of nitrogens with one attached hydrogen (secondary N) is 1. The third-order valence-corrected chi connectivity index (χ3v) is 4.74. The second-order valence-electron chi connectivity index (χ2n) is 5.71. The lowest BCUT2D eigenvalue weighted by Gasteiger charge is -2.55. The van der Waals surface area contributed by atoms with Crippen molar-refractivity contribution in [2.75, 3.05) is 6.54 Å². The van der Waals surface area contributed by atoms with E-state index in [2.05, 4.69) is 26.1 Å². The molecule has 1 aliphatic rings. The number of hydrogen-bond acceptors (Lipinski definition) is 1. The van der Waals surface area contributed by atoms with Crippen LogP contribution in [0.15, 0.2) is 24.3 Å². The lowest BCUT2D eigenvalue weighted by Crippen LogP contribution is -2.56. The first kappa shape index (κ1) is 13.5. The summed E-state index contributed by atoms with van der Waals surface area (Å²) in [5, 5.41) is 3.65. The summed E-state index contributed by atoms with van der Waals surface area (Å²) in [5.74, 6) is 0.425. The number of halogens is 1. The highest BCUT2D eigenvalue weighted by molar-refractivity contribution is 5.28. The summed E-state index contributed by atoms with van der Waals surface area (Å²) in [4.78, 5) is 0. The predicted molar refractivity (Wildman–Crippen MR) is 74.2 cm³/mol. The van der Waals surface area contributed by atoms with Gasteiger partial charge in [-0.15, -0.1) is 0 Å². The normalized spacial score (nSPS) is 31.1. The van der Waals surface area contributed by atoms with Crippen molar-refractivity contribution in [3.05, 3.63) is 35.6 Å². The van der Waals surface area contributed by atoms with Gasteiger partial charge in [-0.25, -0.2) is 4.39 Å². The molecule has 1 aromatic carbocycles. The van der Waals surface area contributed by atoms with E-state index >= 15 is 0 Å². The molecule has 0 saturated heterocycles. The standard InChI is InChI=1S/C16H24FN/c1-4-10-18-15-11-14(16(15,3)5-2)12-6-8-13(17)9-7-12/h6-9,14-15,18H,4-5,10-11H2,1-3H3. The average Bonchev–Trinajstić information content (AvgIpc) is 2.38. The molecule has 3 atom stereocenters. The average molecular weight is 249 g/mol. The van der Waals surface area contributed by atoms with Gasteiger partial charge in [0.1, 0.15) is 5.82 Å². The van der Waals surface area contributed by atoms with E-state index < -0.39 is 0 Å². The van der Waals surface area contributed by atoms with Crippen LogP contribution in [-0.4, -0.2) is 12.6 Å². The SMILES string of the molecule is CCCNC1CC(c2ccc(F)cc2)C1(C)CC.